The first kappa shape index (κ1) is 12.2. The molecule has 0 fully saturated rings. The zero-order valence-electron chi connectivity index (χ0n) is 9.06. The standard InChI is InChI=1S/C11H14BrNO2/c1-6-4-7(2)10(12)11(15-3)9(6)8(14)5-13/h4H,5,13H2,1-3H3. The van der Waals surface area contributed by atoms with Crippen LogP contribution in [0.2, 0.25) is 0 Å². The van der Waals surface area contributed by atoms with Gasteiger partial charge in [-0.1, -0.05) is 6.07 Å². The van der Waals surface area contributed by atoms with Crippen molar-refractivity contribution in [1.29, 1.82) is 0 Å². The molecule has 0 bridgehead atoms. The second-order valence-electron chi connectivity index (χ2n) is 3.36. The lowest BCUT2D eigenvalue weighted by atomic mass is 10.0. The van der Waals surface area contributed by atoms with E-state index in [9.17, 15) is 4.79 Å². The van der Waals surface area contributed by atoms with E-state index < -0.39 is 0 Å². The van der Waals surface area contributed by atoms with Crippen LogP contribution in [0.25, 0.3) is 0 Å². The van der Waals surface area contributed by atoms with Crippen LogP contribution in [0, 0.1) is 13.8 Å². The van der Waals surface area contributed by atoms with Crippen LogP contribution < -0.4 is 10.5 Å². The van der Waals surface area contributed by atoms with Crippen LogP contribution in [0.4, 0.5) is 0 Å². The van der Waals surface area contributed by atoms with E-state index in [0.29, 0.717) is 11.3 Å². The average molecular weight is 272 g/mol. The molecular formula is C11H14BrNO2. The predicted octanol–water partition coefficient (Wildman–Crippen LogP) is 2.22. The third kappa shape index (κ3) is 2.21. The number of hydrogen-bond donors (Lipinski definition) is 1. The molecule has 0 spiro atoms. The minimum atomic E-state index is -0.106. The van der Waals surface area contributed by atoms with Crippen molar-refractivity contribution in [2.24, 2.45) is 5.73 Å². The quantitative estimate of drug-likeness (QED) is 0.858. The third-order valence-electron chi connectivity index (χ3n) is 2.27. The Labute approximate surface area is 97.7 Å². The molecule has 0 radical (unpaired) electrons. The minimum absolute atomic E-state index is 0.00724. The zero-order valence-corrected chi connectivity index (χ0v) is 10.6. The van der Waals surface area contributed by atoms with E-state index in [1.807, 2.05) is 19.9 Å². The van der Waals surface area contributed by atoms with Gasteiger partial charge in [-0.15, -0.1) is 0 Å². The van der Waals surface area contributed by atoms with Crippen molar-refractivity contribution in [3.63, 3.8) is 0 Å². The summed E-state index contributed by atoms with van der Waals surface area (Å²) < 4.78 is 6.05. The van der Waals surface area contributed by atoms with Crippen LogP contribution in [-0.2, 0) is 0 Å². The maximum atomic E-state index is 11.7. The van der Waals surface area contributed by atoms with E-state index in [2.05, 4.69) is 15.9 Å². The highest BCUT2D eigenvalue weighted by atomic mass is 79.9. The Balaban J connectivity index is 3.49. The molecule has 15 heavy (non-hydrogen) atoms. The van der Waals surface area contributed by atoms with Crippen molar-refractivity contribution in [3.8, 4) is 5.75 Å². The molecule has 82 valence electrons. The molecule has 0 saturated carbocycles. The molecule has 3 nitrogen and oxygen atoms in total. The maximum Gasteiger partial charge on any atom is 0.180 e. The maximum absolute atomic E-state index is 11.7. The summed E-state index contributed by atoms with van der Waals surface area (Å²) in [6.07, 6.45) is 0. The number of hydrogen-bond acceptors (Lipinski definition) is 3. The molecule has 0 heterocycles. The Bertz CT molecular complexity index is 402. The van der Waals surface area contributed by atoms with Gasteiger partial charge in [-0.2, -0.15) is 0 Å². The fourth-order valence-electron chi connectivity index (χ4n) is 1.57. The number of carbonyl (C=O) groups excluding carboxylic acids is 1. The minimum Gasteiger partial charge on any atom is -0.495 e. The number of nitrogens with two attached hydrogens (primary N) is 1. The molecule has 1 rings (SSSR count). The summed E-state index contributed by atoms with van der Waals surface area (Å²) in [5.74, 6) is 0.466. The topological polar surface area (TPSA) is 52.3 Å². The van der Waals surface area contributed by atoms with Gasteiger partial charge in [-0.25, -0.2) is 0 Å². The molecule has 2 N–H and O–H groups in total. The normalized spacial score (nSPS) is 10.2. The van der Waals surface area contributed by atoms with Gasteiger partial charge < -0.3 is 10.5 Å². The largest absolute Gasteiger partial charge is 0.495 e. The van der Waals surface area contributed by atoms with Crippen LogP contribution in [0.15, 0.2) is 10.5 Å². The summed E-state index contributed by atoms with van der Waals surface area (Å²) in [5, 5.41) is 0. The molecule has 0 atom stereocenters. The molecular weight excluding hydrogens is 258 g/mol. The number of benzene rings is 1. The highest BCUT2D eigenvalue weighted by molar-refractivity contribution is 9.10. The van der Waals surface area contributed by atoms with Crippen LogP contribution in [0.1, 0.15) is 21.5 Å². The van der Waals surface area contributed by atoms with Gasteiger partial charge in [0.05, 0.1) is 23.7 Å². The molecule has 0 amide bonds. The SMILES string of the molecule is COc1c(Br)c(C)cc(C)c1C(=O)CN. The zero-order chi connectivity index (χ0) is 11.6. The van der Waals surface area contributed by atoms with Gasteiger partial charge >= 0.3 is 0 Å². The van der Waals surface area contributed by atoms with Crippen molar-refractivity contribution in [2.75, 3.05) is 13.7 Å². The molecule has 0 aliphatic heterocycles. The first-order valence-corrected chi connectivity index (χ1v) is 5.39. The van der Waals surface area contributed by atoms with Gasteiger partial charge in [-0.3, -0.25) is 4.79 Å². The van der Waals surface area contributed by atoms with Crippen molar-refractivity contribution >= 4 is 21.7 Å². The fraction of sp³-hybridized carbons (Fsp3) is 0.364. The molecule has 0 aliphatic carbocycles. The molecule has 4 heteroatoms. The van der Waals surface area contributed by atoms with Crippen molar-refractivity contribution < 1.29 is 9.53 Å². The molecule has 0 saturated heterocycles. The van der Waals surface area contributed by atoms with E-state index in [1.54, 1.807) is 7.11 Å². The van der Waals surface area contributed by atoms with Gasteiger partial charge in [0, 0.05) is 0 Å². The summed E-state index contributed by atoms with van der Waals surface area (Å²) in [6.45, 7) is 3.83. The molecule has 1 aromatic carbocycles. The van der Waals surface area contributed by atoms with Crippen LogP contribution in [0.5, 0.6) is 5.75 Å². The highest BCUT2D eigenvalue weighted by Gasteiger charge is 2.18. The van der Waals surface area contributed by atoms with Gasteiger partial charge in [0.2, 0.25) is 0 Å². The number of halogens is 1. The predicted molar refractivity (Wildman–Crippen MR) is 63.6 cm³/mol. The fourth-order valence-corrected chi connectivity index (χ4v) is 2.04. The lowest BCUT2D eigenvalue weighted by Crippen LogP contribution is -2.16. The number of carbonyl (C=O) groups is 1. The van der Waals surface area contributed by atoms with Crippen molar-refractivity contribution in [3.05, 3.63) is 27.2 Å². The summed E-state index contributed by atoms with van der Waals surface area (Å²) in [4.78, 5) is 11.7. The van der Waals surface area contributed by atoms with E-state index >= 15 is 0 Å². The number of ketones is 1. The number of rotatable bonds is 3. The second-order valence-corrected chi connectivity index (χ2v) is 4.15. The molecule has 0 unspecified atom stereocenters. The number of aryl methyl sites for hydroxylation is 2. The van der Waals surface area contributed by atoms with Crippen LogP contribution in [0.3, 0.4) is 0 Å². The molecule has 1 aromatic rings. The first-order valence-electron chi connectivity index (χ1n) is 4.59. The lowest BCUT2D eigenvalue weighted by Gasteiger charge is -2.13. The van der Waals surface area contributed by atoms with Gasteiger partial charge in [0.15, 0.2) is 5.78 Å². The van der Waals surface area contributed by atoms with Crippen molar-refractivity contribution in [2.45, 2.75) is 13.8 Å². The Morgan fingerprint density at radius 2 is 2.07 bits per heavy atom. The Morgan fingerprint density at radius 1 is 1.47 bits per heavy atom. The van der Waals surface area contributed by atoms with Crippen LogP contribution >= 0.6 is 15.9 Å². The lowest BCUT2D eigenvalue weighted by molar-refractivity contribution is 0.0997. The molecule has 0 aliphatic rings. The summed E-state index contributed by atoms with van der Waals surface area (Å²) >= 11 is 3.40. The van der Waals surface area contributed by atoms with Gasteiger partial charge in [0.1, 0.15) is 5.75 Å². The Morgan fingerprint density at radius 3 is 2.53 bits per heavy atom. The number of Topliss-reactive ketones (excluding diaryl/α,β-unsaturated/α-hetero) is 1. The van der Waals surface area contributed by atoms with Crippen molar-refractivity contribution in [1.82, 2.24) is 0 Å². The summed E-state index contributed by atoms with van der Waals surface area (Å²) in [5.41, 5.74) is 7.86. The number of ether oxygens (including phenoxy) is 1. The third-order valence-corrected chi connectivity index (χ3v) is 3.25. The Hall–Kier alpha value is -0.870. The second kappa shape index (κ2) is 4.77. The summed E-state index contributed by atoms with van der Waals surface area (Å²) in [7, 11) is 1.55. The van der Waals surface area contributed by atoms with E-state index in [1.165, 1.54) is 0 Å². The monoisotopic (exact) mass is 271 g/mol. The van der Waals surface area contributed by atoms with E-state index in [4.69, 9.17) is 10.5 Å². The van der Waals surface area contributed by atoms with E-state index in [0.717, 1.165) is 15.6 Å². The van der Waals surface area contributed by atoms with Gasteiger partial charge in [0.25, 0.3) is 0 Å². The first-order chi connectivity index (χ1) is 7.02. The Kier molecular flexibility index (Phi) is 3.88. The van der Waals surface area contributed by atoms with E-state index in [-0.39, 0.29) is 12.3 Å². The smallest absolute Gasteiger partial charge is 0.180 e. The highest BCUT2D eigenvalue weighted by Crippen LogP contribution is 2.34. The van der Waals surface area contributed by atoms with Gasteiger partial charge in [-0.05, 0) is 40.9 Å². The molecule has 0 aromatic heterocycles. The summed E-state index contributed by atoms with van der Waals surface area (Å²) in [6, 6.07) is 1.94. The average Bonchev–Trinajstić information content (AvgIpc) is 2.21. The number of methoxy groups -OCH3 is 1. The van der Waals surface area contributed by atoms with Crippen LogP contribution in [-0.4, -0.2) is 19.4 Å².